The molecule has 1 aliphatic heterocycles. The van der Waals surface area contributed by atoms with E-state index < -0.39 is 0 Å². The second-order valence-electron chi connectivity index (χ2n) is 5.56. The molecule has 1 aliphatic rings. The Kier molecular flexibility index (Phi) is 5.23. The summed E-state index contributed by atoms with van der Waals surface area (Å²) in [6.45, 7) is 9.30. The fraction of sp³-hybridized carbons (Fsp3) is 0.625. The molecule has 3 nitrogen and oxygen atoms in total. The highest BCUT2D eigenvalue weighted by molar-refractivity contribution is 5.26. The first-order chi connectivity index (χ1) is 9.22. The molecule has 0 amide bonds. The van der Waals surface area contributed by atoms with E-state index in [1.54, 1.807) is 0 Å². The van der Waals surface area contributed by atoms with Gasteiger partial charge in [-0.25, -0.2) is 0 Å². The van der Waals surface area contributed by atoms with Crippen molar-refractivity contribution in [3.63, 3.8) is 0 Å². The van der Waals surface area contributed by atoms with Crippen molar-refractivity contribution in [3.05, 3.63) is 29.8 Å². The van der Waals surface area contributed by atoms with Gasteiger partial charge in [0.2, 0.25) is 0 Å². The summed E-state index contributed by atoms with van der Waals surface area (Å²) in [5, 5.41) is 0. The topological polar surface area (TPSA) is 38.5 Å². The molecule has 2 atom stereocenters. The van der Waals surface area contributed by atoms with E-state index in [9.17, 15) is 0 Å². The molecule has 2 rings (SSSR count). The van der Waals surface area contributed by atoms with Gasteiger partial charge in [0.1, 0.15) is 5.75 Å². The highest BCUT2D eigenvalue weighted by Crippen LogP contribution is 2.24. The summed E-state index contributed by atoms with van der Waals surface area (Å²) in [4.78, 5) is 2.50. The zero-order valence-corrected chi connectivity index (χ0v) is 12.1. The molecule has 106 valence electrons. The number of likely N-dealkylation sites (tertiary alicyclic amines) is 1. The van der Waals surface area contributed by atoms with Crippen LogP contribution in [0.4, 0.5) is 0 Å². The number of hydrogen-bond acceptors (Lipinski definition) is 3. The summed E-state index contributed by atoms with van der Waals surface area (Å²) in [6, 6.07) is 8.24. The molecule has 1 fully saturated rings. The fourth-order valence-electron chi connectivity index (χ4n) is 2.77. The SMILES string of the molecule is CCN1CCC(C(CN)COc2ccc(C)cc2)C1. The molecule has 1 heterocycles. The van der Waals surface area contributed by atoms with Crippen LogP contribution in [0.2, 0.25) is 0 Å². The number of aryl methyl sites for hydroxylation is 1. The highest BCUT2D eigenvalue weighted by Gasteiger charge is 2.28. The largest absolute Gasteiger partial charge is 0.493 e. The average molecular weight is 262 g/mol. The molecule has 1 aromatic rings. The third-order valence-corrected chi connectivity index (χ3v) is 4.21. The van der Waals surface area contributed by atoms with E-state index in [0.29, 0.717) is 18.4 Å². The summed E-state index contributed by atoms with van der Waals surface area (Å²) < 4.78 is 5.90. The van der Waals surface area contributed by atoms with Crippen LogP contribution in [0, 0.1) is 18.8 Å². The van der Waals surface area contributed by atoms with Crippen LogP contribution < -0.4 is 10.5 Å². The first-order valence-electron chi connectivity index (χ1n) is 7.34. The van der Waals surface area contributed by atoms with Crippen molar-refractivity contribution in [2.45, 2.75) is 20.3 Å². The molecule has 3 heteroatoms. The summed E-state index contributed by atoms with van der Waals surface area (Å²) in [6.07, 6.45) is 1.26. The molecule has 2 unspecified atom stereocenters. The Morgan fingerprint density at radius 3 is 2.68 bits per heavy atom. The molecule has 2 N–H and O–H groups in total. The summed E-state index contributed by atoms with van der Waals surface area (Å²) in [5.74, 6) is 2.11. The third-order valence-electron chi connectivity index (χ3n) is 4.21. The first-order valence-corrected chi connectivity index (χ1v) is 7.34. The monoisotopic (exact) mass is 262 g/mol. The van der Waals surface area contributed by atoms with Crippen LogP contribution in [0.25, 0.3) is 0 Å². The summed E-state index contributed by atoms with van der Waals surface area (Å²) in [7, 11) is 0. The zero-order chi connectivity index (χ0) is 13.7. The number of rotatable bonds is 6. The van der Waals surface area contributed by atoms with E-state index >= 15 is 0 Å². The van der Waals surface area contributed by atoms with Crippen LogP contribution in [0.3, 0.4) is 0 Å². The molecule has 19 heavy (non-hydrogen) atoms. The Balaban J connectivity index is 1.84. The van der Waals surface area contributed by atoms with Crippen molar-refractivity contribution in [3.8, 4) is 5.75 Å². The predicted octanol–water partition coefficient (Wildman–Crippen LogP) is 2.29. The Labute approximate surface area is 116 Å². The van der Waals surface area contributed by atoms with Crippen LogP contribution in [0.1, 0.15) is 18.9 Å². The van der Waals surface area contributed by atoms with Crippen LogP contribution in [0.15, 0.2) is 24.3 Å². The Morgan fingerprint density at radius 1 is 1.37 bits per heavy atom. The zero-order valence-electron chi connectivity index (χ0n) is 12.1. The maximum Gasteiger partial charge on any atom is 0.119 e. The smallest absolute Gasteiger partial charge is 0.119 e. The Hall–Kier alpha value is -1.06. The van der Waals surface area contributed by atoms with E-state index in [1.807, 2.05) is 12.1 Å². The Morgan fingerprint density at radius 2 is 2.11 bits per heavy atom. The summed E-state index contributed by atoms with van der Waals surface area (Å²) >= 11 is 0. The van der Waals surface area contributed by atoms with Crippen LogP contribution in [-0.4, -0.2) is 37.7 Å². The fourth-order valence-corrected chi connectivity index (χ4v) is 2.77. The minimum Gasteiger partial charge on any atom is -0.493 e. The molecular weight excluding hydrogens is 236 g/mol. The van der Waals surface area contributed by atoms with Crippen molar-refractivity contribution in [2.75, 3.05) is 32.8 Å². The van der Waals surface area contributed by atoms with E-state index in [4.69, 9.17) is 10.5 Å². The van der Waals surface area contributed by atoms with E-state index in [1.165, 1.54) is 25.1 Å². The summed E-state index contributed by atoms with van der Waals surface area (Å²) in [5.41, 5.74) is 7.19. The molecular formula is C16H26N2O. The predicted molar refractivity (Wildman–Crippen MR) is 79.4 cm³/mol. The van der Waals surface area contributed by atoms with Gasteiger partial charge >= 0.3 is 0 Å². The van der Waals surface area contributed by atoms with Gasteiger partial charge in [0.25, 0.3) is 0 Å². The maximum absolute atomic E-state index is 5.93. The number of benzene rings is 1. The van der Waals surface area contributed by atoms with Crippen molar-refractivity contribution in [2.24, 2.45) is 17.6 Å². The van der Waals surface area contributed by atoms with Gasteiger partial charge in [0.05, 0.1) is 6.61 Å². The maximum atomic E-state index is 5.93. The van der Waals surface area contributed by atoms with Crippen molar-refractivity contribution < 1.29 is 4.74 Å². The van der Waals surface area contributed by atoms with Crippen LogP contribution in [0.5, 0.6) is 5.75 Å². The molecule has 0 radical (unpaired) electrons. The lowest BCUT2D eigenvalue weighted by Crippen LogP contribution is -2.31. The van der Waals surface area contributed by atoms with Gasteiger partial charge < -0.3 is 15.4 Å². The minimum absolute atomic E-state index is 0.470. The molecule has 0 spiro atoms. The van der Waals surface area contributed by atoms with E-state index in [-0.39, 0.29) is 0 Å². The number of ether oxygens (including phenoxy) is 1. The quantitative estimate of drug-likeness (QED) is 0.855. The van der Waals surface area contributed by atoms with Crippen LogP contribution >= 0.6 is 0 Å². The van der Waals surface area contributed by atoms with E-state index in [0.717, 1.165) is 18.9 Å². The molecule has 1 saturated heterocycles. The second kappa shape index (κ2) is 6.92. The van der Waals surface area contributed by atoms with Crippen molar-refractivity contribution in [1.29, 1.82) is 0 Å². The van der Waals surface area contributed by atoms with Crippen molar-refractivity contribution in [1.82, 2.24) is 4.90 Å². The average Bonchev–Trinajstić information content (AvgIpc) is 2.90. The molecule has 0 aliphatic carbocycles. The molecule has 0 saturated carbocycles. The molecule has 0 aromatic heterocycles. The van der Waals surface area contributed by atoms with Gasteiger partial charge in [-0.15, -0.1) is 0 Å². The number of hydrogen-bond donors (Lipinski definition) is 1. The second-order valence-corrected chi connectivity index (χ2v) is 5.56. The number of nitrogens with two attached hydrogens (primary N) is 1. The van der Waals surface area contributed by atoms with Gasteiger partial charge in [-0.1, -0.05) is 24.6 Å². The van der Waals surface area contributed by atoms with Crippen LogP contribution in [-0.2, 0) is 0 Å². The lowest BCUT2D eigenvalue weighted by molar-refractivity contribution is 0.196. The molecule has 1 aromatic carbocycles. The lowest BCUT2D eigenvalue weighted by atomic mass is 9.92. The molecule has 0 bridgehead atoms. The lowest BCUT2D eigenvalue weighted by Gasteiger charge is -2.22. The van der Waals surface area contributed by atoms with Gasteiger partial charge in [0.15, 0.2) is 0 Å². The van der Waals surface area contributed by atoms with Gasteiger partial charge in [-0.2, -0.15) is 0 Å². The van der Waals surface area contributed by atoms with Crippen molar-refractivity contribution >= 4 is 0 Å². The third kappa shape index (κ3) is 3.95. The minimum atomic E-state index is 0.470. The van der Waals surface area contributed by atoms with E-state index in [2.05, 4.69) is 30.9 Å². The van der Waals surface area contributed by atoms with Gasteiger partial charge in [0, 0.05) is 12.5 Å². The van der Waals surface area contributed by atoms with Gasteiger partial charge in [-0.3, -0.25) is 0 Å². The van der Waals surface area contributed by atoms with Gasteiger partial charge in [-0.05, 0) is 51.0 Å². The normalized spacial score (nSPS) is 21.5. The standard InChI is InChI=1S/C16H26N2O/c1-3-18-9-8-14(11-18)15(10-17)12-19-16-6-4-13(2)5-7-16/h4-7,14-15H,3,8-12,17H2,1-2H3. The first kappa shape index (κ1) is 14.4. The number of nitrogens with zero attached hydrogens (tertiary/aromatic N) is 1. The Bertz CT molecular complexity index is 377. The highest BCUT2D eigenvalue weighted by atomic mass is 16.5.